The molecule has 0 aromatic heterocycles. The van der Waals surface area contributed by atoms with Crippen LogP contribution in [0.25, 0.3) is 0 Å². The number of benzene rings is 1. The minimum atomic E-state index is -0.598. The van der Waals surface area contributed by atoms with Crippen molar-refractivity contribution in [2.45, 2.75) is 38.4 Å². The Hall–Kier alpha value is -0.980. The van der Waals surface area contributed by atoms with Crippen molar-refractivity contribution in [2.24, 2.45) is 0 Å². The molecule has 5 nitrogen and oxygen atoms in total. The maximum absolute atomic E-state index is 9.38. The van der Waals surface area contributed by atoms with Crippen molar-refractivity contribution >= 4 is 0 Å². The molecule has 2 N–H and O–H groups in total. The first-order valence-electron chi connectivity index (χ1n) is 6.44. The molecule has 1 fully saturated rings. The van der Waals surface area contributed by atoms with Crippen LogP contribution in [0.1, 0.15) is 19.4 Å². The Morgan fingerprint density at radius 2 is 2.16 bits per heavy atom. The van der Waals surface area contributed by atoms with Crippen molar-refractivity contribution < 1.29 is 19.4 Å². The van der Waals surface area contributed by atoms with E-state index in [4.69, 9.17) is 14.3 Å². The fourth-order valence-corrected chi connectivity index (χ4v) is 1.95. The van der Waals surface area contributed by atoms with Crippen molar-refractivity contribution in [2.75, 3.05) is 13.2 Å². The number of hydrogen-bond donors (Lipinski definition) is 2. The van der Waals surface area contributed by atoms with Gasteiger partial charge in [-0.15, -0.1) is 0 Å². The van der Waals surface area contributed by atoms with Gasteiger partial charge in [0.1, 0.15) is 6.10 Å². The van der Waals surface area contributed by atoms with E-state index in [9.17, 15) is 5.11 Å². The van der Waals surface area contributed by atoms with E-state index in [1.165, 1.54) is 0 Å². The summed E-state index contributed by atoms with van der Waals surface area (Å²) in [4.78, 5) is 5.41. The Kier molecular flexibility index (Phi) is 4.90. The summed E-state index contributed by atoms with van der Waals surface area (Å²) >= 11 is 0. The second-order valence-electron chi connectivity index (χ2n) is 5.05. The average Bonchev–Trinajstić information content (AvgIpc) is 2.76. The number of hydroxylamine groups is 1. The molecule has 0 unspecified atom stereocenters. The number of rotatable bonds is 6. The van der Waals surface area contributed by atoms with Crippen molar-refractivity contribution in [3.8, 4) is 0 Å². The number of ether oxygens (including phenoxy) is 2. The van der Waals surface area contributed by atoms with Gasteiger partial charge in [0.25, 0.3) is 0 Å². The van der Waals surface area contributed by atoms with Gasteiger partial charge in [-0.1, -0.05) is 30.3 Å². The highest BCUT2D eigenvalue weighted by Crippen LogP contribution is 2.24. The van der Waals surface area contributed by atoms with Crippen molar-refractivity contribution in [3.05, 3.63) is 35.9 Å². The van der Waals surface area contributed by atoms with Crippen LogP contribution in [-0.2, 0) is 20.9 Å². The van der Waals surface area contributed by atoms with E-state index in [1.807, 2.05) is 44.2 Å². The van der Waals surface area contributed by atoms with Crippen LogP contribution in [0, 0.1) is 0 Å². The lowest BCUT2D eigenvalue weighted by atomic mass is 10.2. The lowest BCUT2D eigenvalue weighted by Gasteiger charge is -2.23. The first kappa shape index (κ1) is 14.4. The van der Waals surface area contributed by atoms with Gasteiger partial charge in [0.15, 0.2) is 5.79 Å². The molecule has 106 valence electrons. The molecule has 0 radical (unpaired) electrons. The minimum absolute atomic E-state index is 0.0705. The first-order valence-corrected chi connectivity index (χ1v) is 6.44. The van der Waals surface area contributed by atoms with Gasteiger partial charge in [-0.25, -0.2) is 0 Å². The summed E-state index contributed by atoms with van der Waals surface area (Å²) in [5, 5.41) is 9.38. The lowest BCUT2D eigenvalue weighted by molar-refractivity contribution is -0.150. The van der Waals surface area contributed by atoms with Crippen LogP contribution in [0.3, 0.4) is 0 Å². The van der Waals surface area contributed by atoms with E-state index in [-0.39, 0.29) is 18.8 Å². The largest absolute Gasteiger partial charge is 0.395 e. The van der Waals surface area contributed by atoms with Crippen LogP contribution < -0.4 is 5.48 Å². The molecular weight excluding hydrogens is 246 g/mol. The monoisotopic (exact) mass is 267 g/mol. The molecule has 0 bridgehead atoms. The molecule has 1 aromatic rings. The third-order valence-electron chi connectivity index (χ3n) is 2.99. The molecule has 1 saturated heterocycles. The molecule has 1 aromatic carbocycles. The highest BCUT2D eigenvalue weighted by atomic mass is 16.7. The van der Waals surface area contributed by atoms with E-state index in [1.54, 1.807) is 0 Å². The quantitative estimate of drug-likeness (QED) is 0.759. The molecule has 1 aliphatic heterocycles. The van der Waals surface area contributed by atoms with Gasteiger partial charge in [-0.3, -0.25) is 4.84 Å². The summed E-state index contributed by atoms with van der Waals surface area (Å²) in [5.74, 6) is -0.598. The van der Waals surface area contributed by atoms with Crippen LogP contribution in [0.4, 0.5) is 0 Å². The van der Waals surface area contributed by atoms with E-state index < -0.39 is 5.79 Å². The Balaban J connectivity index is 1.77. The number of aliphatic hydroxyl groups is 1. The molecule has 0 spiro atoms. The summed E-state index contributed by atoms with van der Waals surface area (Å²) in [6, 6.07) is 9.53. The Bertz CT molecular complexity index is 382. The van der Waals surface area contributed by atoms with E-state index >= 15 is 0 Å². The van der Waals surface area contributed by atoms with Gasteiger partial charge in [0.05, 0.1) is 25.9 Å². The number of hydrogen-bond acceptors (Lipinski definition) is 5. The molecule has 2 atom stereocenters. The predicted octanol–water partition coefficient (Wildman–Crippen LogP) is 1.22. The number of nitrogens with one attached hydrogen (secondary N) is 1. The third kappa shape index (κ3) is 4.26. The van der Waals surface area contributed by atoms with Gasteiger partial charge in [0, 0.05) is 0 Å². The van der Waals surface area contributed by atoms with Crippen LogP contribution in [0.5, 0.6) is 0 Å². The van der Waals surface area contributed by atoms with Crippen LogP contribution in [0.15, 0.2) is 30.3 Å². The van der Waals surface area contributed by atoms with Gasteiger partial charge in [-0.2, -0.15) is 5.48 Å². The first-order chi connectivity index (χ1) is 9.11. The Morgan fingerprint density at radius 3 is 2.74 bits per heavy atom. The summed E-state index contributed by atoms with van der Waals surface area (Å²) in [6.07, 6.45) is -0.212. The van der Waals surface area contributed by atoms with Gasteiger partial charge >= 0.3 is 0 Å². The van der Waals surface area contributed by atoms with Crippen molar-refractivity contribution in [3.63, 3.8) is 0 Å². The van der Waals surface area contributed by atoms with E-state index in [0.29, 0.717) is 13.2 Å². The molecule has 19 heavy (non-hydrogen) atoms. The minimum Gasteiger partial charge on any atom is -0.395 e. The highest BCUT2D eigenvalue weighted by Gasteiger charge is 2.37. The lowest BCUT2D eigenvalue weighted by Crippen LogP contribution is -2.44. The zero-order valence-corrected chi connectivity index (χ0v) is 11.3. The van der Waals surface area contributed by atoms with Gasteiger partial charge in [0.2, 0.25) is 0 Å². The molecule has 0 saturated carbocycles. The fourth-order valence-electron chi connectivity index (χ4n) is 1.95. The topological polar surface area (TPSA) is 60.0 Å². The molecule has 0 aliphatic carbocycles. The van der Waals surface area contributed by atoms with Gasteiger partial charge < -0.3 is 14.6 Å². The second-order valence-corrected chi connectivity index (χ2v) is 5.05. The Labute approximate surface area is 113 Å². The maximum Gasteiger partial charge on any atom is 0.163 e. The SMILES string of the molecule is CC1(C)OC[C@@H]([C@H](CO)NOCc2ccccc2)O1. The van der Waals surface area contributed by atoms with Crippen molar-refractivity contribution in [1.29, 1.82) is 0 Å². The van der Waals surface area contributed by atoms with Crippen LogP contribution >= 0.6 is 0 Å². The van der Waals surface area contributed by atoms with Crippen molar-refractivity contribution in [1.82, 2.24) is 5.48 Å². The smallest absolute Gasteiger partial charge is 0.163 e. The molecule has 2 rings (SSSR count). The van der Waals surface area contributed by atoms with E-state index in [0.717, 1.165) is 5.56 Å². The van der Waals surface area contributed by atoms with E-state index in [2.05, 4.69) is 5.48 Å². The Morgan fingerprint density at radius 1 is 1.42 bits per heavy atom. The maximum atomic E-state index is 9.38. The second kappa shape index (κ2) is 6.45. The average molecular weight is 267 g/mol. The molecule has 1 heterocycles. The third-order valence-corrected chi connectivity index (χ3v) is 2.99. The summed E-state index contributed by atoms with van der Waals surface area (Å²) < 4.78 is 11.2. The normalized spacial score (nSPS) is 23.4. The van der Waals surface area contributed by atoms with Crippen LogP contribution in [-0.4, -0.2) is 36.3 Å². The number of aliphatic hydroxyl groups excluding tert-OH is 1. The highest BCUT2D eigenvalue weighted by molar-refractivity contribution is 5.13. The summed E-state index contributed by atoms with van der Waals surface area (Å²) in [7, 11) is 0. The zero-order chi connectivity index (χ0) is 13.7. The molecule has 1 aliphatic rings. The van der Waals surface area contributed by atoms with Crippen LogP contribution in [0.2, 0.25) is 0 Å². The zero-order valence-electron chi connectivity index (χ0n) is 11.3. The fraction of sp³-hybridized carbons (Fsp3) is 0.571. The summed E-state index contributed by atoms with van der Waals surface area (Å²) in [5.41, 5.74) is 3.91. The summed E-state index contributed by atoms with van der Waals surface area (Å²) in [6.45, 7) is 4.52. The molecule has 0 amide bonds. The van der Waals surface area contributed by atoms with Gasteiger partial charge in [-0.05, 0) is 19.4 Å². The standard InChI is InChI=1S/C14H21NO4/c1-14(2)17-10-13(19-14)12(8-16)15-18-9-11-6-4-3-5-7-11/h3-7,12-13,15-16H,8-10H2,1-2H3/t12-,13-/m0/s1. The molecular formula is C14H21NO4. The predicted molar refractivity (Wildman–Crippen MR) is 70.1 cm³/mol. The molecule has 5 heteroatoms.